The fourth-order valence-corrected chi connectivity index (χ4v) is 2.51. The molecule has 1 aromatic rings. The topological polar surface area (TPSA) is 66.4 Å². The zero-order valence-electron chi connectivity index (χ0n) is 8.44. The number of benzene rings is 1. The van der Waals surface area contributed by atoms with Crippen molar-refractivity contribution in [3.05, 3.63) is 28.5 Å². The summed E-state index contributed by atoms with van der Waals surface area (Å²) in [6.45, 7) is 1.19. The normalized spacial score (nSPS) is 13.8. The van der Waals surface area contributed by atoms with Gasteiger partial charge in [-0.15, -0.1) is 0 Å². The molecule has 0 aliphatic carbocycles. The number of aliphatic hydroxyl groups excluding tert-OH is 1. The van der Waals surface area contributed by atoms with Gasteiger partial charge in [-0.2, -0.15) is 0 Å². The molecular weight excluding hydrogens is 301 g/mol. The molecule has 90 valence electrons. The van der Waals surface area contributed by atoms with Crippen LogP contribution in [0.2, 0.25) is 0 Å². The summed E-state index contributed by atoms with van der Waals surface area (Å²) in [5.74, 6) is -0.653. The highest BCUT2D eigenvalue weighted by Gasteiger charge is 2.18. The van der Waals surface area contributed by atoms with Crippen molar-refractivity contribution >= 4 is 26.0 Å². The molecule has 16 heavy (non-hydrogen) atoms. The van der Waals surface area contributed by atoms with Crippen LogP contribution in [0.25, 0.3) is 0 Å². The van der Waals surface area contributed by atoms with Crippen LogP contribution in [0.3, 0.4) is 0 Å². The molecular formula is C9H11BrFNO3S. The zero-order valence-corrected chi connectivity index (χ0v) is 10.8. The SMILES string of the molecule is CC(CO)NS(=O)(=O)c1ccc(Br)c(F)c1. The molecule has 1 atom stereocenters. The second-order valence-corrected chi connectivity index (χ2v) is 5.85. The van der Waals surface area contributed by atoms with Crippen LogP contribution in [0.15, 0.2) is 27.6 Å². The number of halogens is 2. The van der Waals surface area contributed by atoms with E-state index in [2.05, 4.69) is 20.7 Å². The molecule has 0 saturated heterocycles. The van der Waals surface area contributed by atoms with E-state index in [9.17, 15) is 12.8 Å². The highest BCUT2D eigenvalue weighted by Crippen LogP contribution is 2.19. The molecule has 0 amide bonds. The summed E-state index contributed by atoms with van der Waals surface area (Å²) in [4.78, 5) is -0.173. The molecule has 0 heterocycles. The summed E-state index contributed by atoms with van der Waals surface area (Å²) in [6.07, 6.45) is 0. The van der Waals surface area contributed by atoms with Gasteiger partial charge in [0.05, 0.1) is 16.0 Å². The van der Waals surface area contributed by atoms with E-state index < -0.39 is 21.9 Å². The fourth-order valence-electron chi connectivity index (χ4n) is 1.01. The Morgan fingerprint density at radius 2 is 2.19 bits per heavy atom. The van der Waals surface area contributed by atoms with Crippen molar-refractivity contribution in [2.24, 2.45) is 0 Å². The predicted molar refractivity (Wildman–Crippen MR) is 61.0 cm³/mol. The lowest BCUT2D eigenvalue weighted by Gasteiger charge is -2.11. The summed E-state index contributed by atoms with van der Waals surface area (Å²) in [5, 5.41) is 8.74. The van der Waals surface area contributed by atoms with Gasteiger partial charge in [-0.3, -0.25) is 0 Å². The minimum atomic E-state index is -3.78. The molecule has 0 fully saturated rings. The van der Waals surface area contributed by atoms with E-state index in [1.54, 1.807) is 0 Å². The lowest BCUT2D eigenvalue weighted by molar-refractivity contribution is 0.265. The van der Waals surface area contributed by atoms with Gasteiger partial charge in [0.25, 0.3) is 0 Å². The smallest absolute Gasteiger partial charge is 0.240 e. The first kappa shape index (κ1) is 13.6. The van der Waals surface area contributed by atoms with E-state index in [-0.39, 0.29) is 16.0 Å². The van der Waals surface area contributed by atoms with Crippen molar-refractivity contribution in [2.75, 3.05) is 6.61 Å². The Morgan fingerprint density at radius 1 is 1.56 bits per heavy atom. The van der Waals surface area contributed by atoms with E-state index in [0.29, 0.717) is 0 Å². The second-order valence-electron chi connectivity index (χ2n) is 3.28. The van der Waals surface area contributed by atoms with Gasteiger partial charge >= 0.3 is 0 Å². The molecule has 0 aromatic heterocycles. The van der Waals surface area contributed by atoms with Crippen LogP contribution in [-0.2, 0) is 10.0 Å². The average molecular weight is 312 g/mol. The second kappa shape index (κ2) is 5.22. The van der Waals surface area contributed by atoms with Gasteiger partial charge in [0.2, 0.25) is 10.0 Å². The summed E-state index contributed by atoms with van der Waals surface area (Å²) >= 11 is 2.93. The molecule has 0 spiro atoms. The van der Waals surface area contributed by atoms with Crippen LogP contribution in [0, 0.1) is 5.82 Å². The molecule has 0 aliphatic heterocycles. The Kier molecular flexibility index (Phi) is 4.43. The van der Waals surface area contributed by atoms with Crippen molar-refractivity contribution in [1.82, 2.24) is 4.72 Å². The Labute approximate surface area is 102 Å². The fraction of sp³-hybridized carbons (Fsp3) is 0.333. The lowest BCUT2D eigenvalue weighted by Crippen LogP contribution is -2.35. The molecule has 7 heteroatoms. The highest BCUT2D eigenvalue weighted by atomic mass is 79.9. The van der Waals surface area contributed by atoms with E-state index in [0.717, 1.165) is 6.07 Å². The third kappa shape index (κ3) is 3.24. The molecule has 1 unspecified atom stereocenters. The van der Waals surface area contributed by atoms with Gasteiger partial charge in [0.15, 0.2) is 0 Å². The summed E-state index contributed by atoms with van der Waals surface area (Å²) in [7, 11) is -3.78. The first-order valence-corrected chi connectivity index (χ1v) is 6.72. The number of sulfonamides is 1. The van der Waals surface area contributed by atoms with E-state index >= 15 is 0 Å². The molecule has 1 rings (SSSR count). The molecule has 2 N–H and O–H groups in total. The quantitative estimate of drug-likeness (QED) is 0.879. The van der Waals surface area contributed by atoms with Crippen LogP contribution in [0.1, 0.15) is 6.92 Å². The minimum absolute atomic E-state index is 0.173. The van der Waals surface area contributed by atoms with Crippen LogP contribution in [0.5, 0.6) is 0 Å². The monoisotopic (exact) mass is 311 g/mol. The van der Waals surface area contributed by atoms with E-state index in [1.165, 1.54) is 19.1 Å². The van der Waals surface area contributed by atoms with Gasteiger partial charge in [0.1, 0.15) is 5.82 Å². The maximum Gasteiger partial charge on any atom is 0.240 e. The summed E-state index contributed by atoms with van der Waals surface area (Å²) in [5.41, 5.74) is 0. The summed E-state index contributed by atoms with van der Waals surface area (Å²) < 4.78 is 38.9. The Morgan fingerprint density at radius 3 is 2.69 bits per heavy atom. The molecule has 0 saturated carbocycles. The van der Waals surface area contributed by atoms with Gasteiger partial charge < -0.3 is 5.11 Å². The molecule has 0 aliphatic rings. The summed E-state index contributed by atoms with van der Waals surface area (Å²) in [6, 6.07) is 2.89. The number of hydrogen-bond acceptors (Lipinski definition) is 3. The molecule has 4 nitrogen and oxygen atoms in total. The van der Waals surface area contributed by atoms with Crippen LogP contribution in [0.4, 0.5) is 4.39 Å². The van der Waals surface area contributed by atoms with Crippen molar-refractivity contribution in [2.45, 2.75) is 17.9 Å². The molecule has 1 aromatic carbocycles. The predicted octanol–water partition coefficient (Wildman–Crippen LogP) is 1.25. The number of rotatable bonds is 4. The van der Waals surface area contributed by atoms with Crippen LogP contribution >= 0.6 is 15.9 Å². The first-order chi connectivity index (χ1) is 7.36. The van der Waals surface area contributed by atoms with Gasteiger partial charge in [-0.1, -0.05) is 0 Å². The van der Waals surface area contributed by atoms with E-state index in [1.807, 2.05) is 0 Å². The number of nitrogens with one attached hydrogen (secondary N) is 1. The van der Waals surface area contributed by atoms with Gasteiger partial charge in [0, 0.05) is 6.04 Å². The maximum absolute atomic E-state index is 13.1. The third-order valence-electron chi connectivity index (χ3n) is 1.83. The van der Waals surface area contributed by atoms with Crippen molar-refractivity contribution in [1.29, 1.82) is 0 Å². The zero-order chi connectivity index (χ0) is 12.3. The number of aliphatic hydroxyl groups is 1. The van der Waals surface area contributed by atoms with Crippen molar-refractivity contribution < 1.29 is 17.9 Å². The van der Waals surface area contributed by atoms with Gasteiger partial charge in [-0.05, 0) is 41.1 Å². The Balaban J connectivity index is 3.03. The standard InChI is InChI=1S/C9H11BrFNO3S/c1-6(5-13)12-16(14,15)7-2-3-8(10)9(11)4-7/h2-4,6,12-13H,5H2,1H3. The largest absolute Gasteiger partial charge is 0.395 e. The molecule has 0 radical (unpaired) electrons. The highest BCUT2D eigenvalue weighted by molar-refractivity contribution is 9.10. The van der Waals surface area contributed by atoms with Crippen LogP contribution < -0.4 is 4.72 Å². The Hall–Kier alpha value is -0.500. The average Bonchev–Trinajstić information content (AvgIpc) is 2.21. The first-order valence-electron chi connectivity index (χ1n) is 4.45. The minimum Gasteiger partial charge on any atom is -0.395 e. The number of hydrogen-bond donors (Lipinski definition) is 2. The maximum atomic E-state index is 13.1. The Bertz CT molecular complexity index is 478. The third-order valence-corrected chi connectivity index (χ3v) is 4.06. The van der Waals surface area contributed by atoms with Crippen molar-refractivity contribution in [3.63, 3.8) is 0 Å². The molecule has 0 bridgehead atoms. The van der Waals surface area contributed by atoms with Crippen LogP contribution in [-0.4, -0.2) is 26.2 Å². The van der Waals surface area contributed by atoms with Crippen molar-refractivity contribution in [3.8, 4) is 0 Å². The van der Waals surface area contributed by atoms with Gasteiger partial charge in [-0.25, -0.2) is 17.5 Å². The van der Waals surface area contributed by atoms with E-state index in [4.69, 9.17) is 5.11 Å². The lowest BCUT2D eigenvalue weighted by atomic mass is 10.3.